The largest absolute Gasteiger partial charge is 0.394 e. The van der Waals surface area contributed by atoms with Crippen molar-refractivity contribution in [2.45, 2.75) is 301 Å². The van der Waals surface area contributed by atoms with Crippen LogP contribution in [0.25, 0.3) is 0 Å². The van der Waals surface area contributed by atoms with E-state index in [2.05, 4.69) is 116 Å². The van der Waals surface area contributed by atoms with Crippen molar-refractivity contribution in [2.24, 2.45) is 0 Å². The number of ether oxygens (including phenoxy) is 2. The lowest BCUT2D eigenvalue weighted by Crippen LogP contribution is -2.60. The summed E-state index contributed by atoms with van der Waals surface area (Å²) in [5, 5.41) is 54.8. The first-order chi connectivity index (χ1) is 36.8. The van der Waals surface area contributed by atoms with E-state index in [1.54, 1.807) is 0 Å². The van der Waals surface area contributed by atoms with E-state index in [-0.39, 0.29) is 12.5 Å². The predicted molar refractivity (Wildman–Crippen MR) is 318 cm³/mol. The maximum atomic E-state index is 13.1. The second kappa shape index (κ2) is 54.5. The van der Waals surface area contributed by atoms with Crippen LogP contribution >= 0.6 is 0 Å². The molecule has 1 amide bonds. The molecule has 0 radical (unpaired) electrons. The standard InChI is InChI=1S/C66H115NO8/c1-3-5-7-9-11-13-15-17-19-21-23-24-25-26-27-28-29-30-31-32-33-34-35-36-38-40-42-44-46-48-50-52-54-56-62(70)67-59(58-74-66-65(73)64(72)63(71)61(57-68)75-66)60(69)55-53-51-49-47-45-43-41-39-37-22-20-18-16-14-12-10-8-6-4-2/h5,7,11,13,17,19,23-24,26-27,29-30,32-33,35-36,59-61,63-66,68-69,71-73H,3-4,6,8-10,12,14-16,18,20-22,25,28,31,34,37-58H2,1-2H3,(H,67,70)/b7-5-,13-11-,19-17-,24-23-,27-26-,30-29-,33-32-,36-35-. The fourth-order valence-electron chi connectivity index (χ4n) is 9.35. The lowest BCUT2D eigenvalue weighted by Gasteiger charge is -2.40. The van der Waals surface area contributed by atoms with Crippen molar-refractivity contribution in [1.82, 2.24) is 5.32 Å². The van der Waals surface area contributed by atoms with Gasteiger partial charge in [-0.15, -0.1) is 0 Å². The third-order valence-electron chi connectivity index (χ3n) is 14.2. The lowest BCUT2D eigenvalue weighted by molar-refractivity contribution is -0.302. The molecule has 1 heterocycles. The molecule has 1 aliphatic rings. The van der Waals surface area contributed by atoms with Gasteiger partial charge in [0, 0.05) is 6.42 Å². The van der Waals surface area contributed by atoms with Gasteiger partial charge in [0.25, 0.3) is 0 Å². The summed E-state index contributed by atoms with van der Waals surface area (Å²) >= 11 is 0. The van der Waals surface area contributed by atoms with Crippen molar-refractivity contribution in [1.29, 1.82) is 0 Å². The van der Waals surface area contributed by atoms with E-state index >= 15 is 0 Å². The molecule has 0 aromatic heterocycles. The monoisotopic (exact) mass is 1050 g/mol. The van der Waals surface area contributed by atoms with Crippen LogP contribution in [0.2, 0.25) is 0 Å². The summed E-state index contributed by atoms with van der Waals surface area (Å²) in [4.78, 5) is 13.1. The van der Waals surface area contributed by atoms with Crippen LogP contribution in [-0.2, 0) is 14.3 Å². The number of allylic oxidation sites excluding steroid dienone is 16. The lowest BCUT2D eigenvalue weighted by atomic mass is 9.99. The minimum Gasteiger partial charge on any atom is -0.394 e. The van der Waals surface area contributed by atoms with Gasteiger partial charge in [-0.2, -0.15) is 0 Å². The Morgan fingerprint density at radius 1 is 0.467 bits per heavy atom. The van der Waals surface area contributed by atoms with Crippen molar-refractivity contribution < 1.29 is 39.8 Å². The molecule has 0 aromatic rings. The zero-order chi connectivity index (χ0) is 54.3. The number of unbranched alkanes of at least 4 members (excludes halogenated alkanes) is 26. The number of aliphatic hydroxyl groups is 5. The molecule has 0 aliphatic carbocycles. The minimum atomic E-state index is -1.56. The Kier molecular flexibility index (Phi) is 50.9. The number of rotatable bonds is 52. The van der Waals surface area contributed by atoms with Gasteiger partial charge in [-0.3, -0.25) is 4.79 Å². The van der Waals surface area contributed by atoms with E-state index < -0.39 is 49.5 Å². The van der Waals surface area contributed by atoms with Crippen molar-refractivity contribution in [2.75, 3.05) is 13.2 Å². The zero-order valence-electron chi connectivity index (χ0n) is 48.0. The van der Waals surface area contributed by atoms with Crippen molar-refractivity contribution >= 4 is 5.91 Å². The topological polar surface area (TPSA) is 149 Å². The molecule has 0 spiro atoms. The number of hydrogen-bond donors (Lipinski definition) is 6. The fourth-order valence-corrected chi connectivity index (χ4v) is 9.35. The molecule has 0 aromatic carbocycles. The third kappa shape index (κ3) is 43.7. The highest BCUT2D eigenvalue weighted by Gasteiger charge is 2.44. The highest BCUT2D eigenvalue weighted by Crippen LogP contribution is 2.23. The molecule has 1 saturated heterocycles. The average Bonchev–Trinajstić information content (AvgIpc) is 3.41. The maximum absolute atomic E-state index is 13.1. The van der Waals surface area contributed by atoms with Gasteiger partial charge >= 0.3 is 0 Å². The Morgan fingerprint density at radius 3 is 1.23 bits per heavy atom. The highest BCUT2D eigenvalue weighted by atomic mass is 16.7. The second-order valence-electron chi connectivity index (χ2n) is 21.1. The Bertz CT molecular complexity index is 1500. The molecular weight excluding hydrogens is 935 g/mol. The molecule has 7 unspecified atom stereocenters. The van der Waals surface area contributed by atoms with E-state index in [1.165, 1.54) is 128 Å². The first kappa shape index (κ1) is 70.1. The highest BCUT2D eigenvalue weighted by molar-refractivity contribution is 5.76. The SMILES string of the molecule is CC/C=C\C/C=C\C/C=C\C/C=C\C/C=C\C/C=C\C/C=C\C/C=C\CCCCCCCCCCC(=O)NC(COC1OC(CO)C(O)C(O)C1O)C(O)CCCCCCCCCCCCCCCCCCCCC. The molecule has 75 heavy (non-hydrogen) atoms. The molecule has 9 heteroatoms. The average molecular weight is 1050 g/mol. The second-order valence-corrected chi connectivity index (χ2v) is 21.1. The molecule has 1 fully saturated rings. The van der Waals surface area contributed by atoms with Crippen LogP contribution in [-0.4, -0.2) is 87.5 Å². The first-order valence-corrected chi connectivity index (χ1v) is 30.9. The van der Waals surface area contributed by atoms with Crippen LogP contribution in [0.1, 0.15) is 258 Å². The third-order valence-corrected chi connectivity index (χ3v) is 14.2. The van der Waals surface area contributed by atoms with E-state index in [1.807, 2.05) is 0 Å². The Morgan fingerprint density at radius 2 is 0.827 bits per heavy atom. The van der Waals surface area contributed by atoms with Gasteiger partial charge in [0.05, 0.1) is 25.4 Å². The van der Waals surface area contributed by atoms with Gasteiger partial charge in [0.1, 0.15) is 24.4 Å². The van der Waals surface area contributed by atoms with Crippen molar-refractivity contribution in [3.05, 3.63) is 97.2 Å². The summed E-state index contributed by atoms with van der Waals surface area (Å²) in [5.74, 6) is -0.155. The predicted octanol–water partition coefficient (Wildman–Crippen LogP) is 16.0. The van der Waals surface area contributed by atoms with Crippen LogP contribution in [0.5, 0.6) is 0 Å². The fraction of sp³-hybridized carbons (Fsp3) is 0.742. The van der Waals surface area contributed by atoms with Crippen LogP contribution in [0.4, 0.5) is 0 Å². The maximum Gasteiger partial charge on any atom is 0.220 e. The molecule has 7 atom stereocenters. The first-order valence-electron chi connectivity index (χ1n) is 30.9. The normalized spacial score (nSPS) is 19.6. The summed E-state index contributed by atoms with van der Waals surface area (Å²) in [5.41, 5.74) is 0. The molecule has 1 aliphatic heterocycles. The van der Waals surface area contributed by atoms with Gasteiger partial charge in [-0.1, -0.05) is 272 Å². The van der Waals surface area contributed by atoms with Gasteiger partial charge < -0.3 is 40.3 Å². The number of aliphatic hydroxyl groups excluding tert-OH is 5. The number of nitrogens with one attached hydrogen (secondary N) is 1. The smallest absolute Gasteiger partial charge is 0.220 e. The Balaban J connectivity index is 2.19. The summed E-state index contributed by atoms with van der Waals surface area (Å²) in [6.45, 7) is 3.73. The molecule has 0 saturated carbocycles. The van der Waals surface area contributed by atoms with Gasteiger partial charge in [0.2, 0.25) is 5.91 Å². The van der Waals surface area contributed by atoms with Crippen LogP contribution < -0.4 is 5.32 Å². The molecule has 9 nitrogen and oxygen atoms in total. The molecule has 6 N–H and O–H groups in total. The summed E-state index contributed by atoms with van der Waals surface area (Å²) < 4.78 is 11.3. The number of carbonyl (C=O) groups is 1. The van der Waals surface area contributed by atoms with E-state index in [0.717, 1.165) is 103 Å². The van der Waals surface area contributed by atoms with Crippen LogP contribution in [0, 0.1) is 0 Å². The van der Waals surface area contributed by atoms with Gasteiger partial charge in [0.15, 0.2) is 6.29 Å². The molecule has 1 rings (SSSR count). The van der Waals surface area contributed by atoms with Crippen LogP contribution in [0.3, 0.4) is 0 Å². The summed E-state index contributed by atoms with van der Waals surface area (Å²) in [6.07, 6.45) is 71.5. The van der Waals surface area contributed by atoms with Crippen LogP contribution in [0.15, 0.2) is 97.2 Å². The van der Waals surface area contributed by atoms with E-state index in [9.17, 15) is 30.3 Å². The van der Waals surface area contributed by atoms with E-state index in [4.69, 9.17) is 9.47 Å². The zero-order valence-corrected chi connectivity index (χ0v) is 48.0. The molecule has 432 valence electrons. The quantitative estimate of drug-likeness (QED) is 0.0261. The van der Waals surface area contributed by atoms with Crippen molar-refractivity contribution in [3.63, 3.8) is 0 Å². The molecular formula is C66H115NO8. The summed E-state index contributed by atoms with van der Waals surface area (Å²) in [6, 6.07) is -0.731. The van der Waals surface area contributed by atoms with E-state index in [0.29, 0.717) is 12.8 Å². The number of hydrogen-bond acceptors (Lipinski definition) is 8. The number of amides is 1. The van der Waals surface area contributed by atoms with Gasteiger partial charge in [-0.05, 0) is 77.0 Å². The summed E-state index contributed by atoms with van der Waals surface area (Å²) in [7, 11) is 0. The number of carbonyl (C=O) groups excluding carboxylic acids is 1. The van der Waals surface area contributed by atoms with Crippen molar-refractivity contribution in [3.8, 4) is 0 Å². The molecule has 0 bridgehead atoms. The van der Waals surface area contributed by atoms with Gasteiger partial charge in [-0.25, -0.2) is 0 Å². The Hall–Kier alpha value is -2.89. The Labute approximate surface area is 460 Å². The minimum absolute atomic E-state index is 0.146.